The number of carbonyl (C=O) groups is 1. The van der Waals surface area contributed by atoms with Crippen molar-refractivity contribution in [2.24, 2.45) is 0 Å². The number of nitrogens with one attached hydrogen (secondary N) is 1. The fourth-order valence-electron chi connectivity index (χ4n) is 3.33. The van der Waals surface area contributed by atoms with Crippen LogP contribution in [0.4, 0.5) is 0 Å². The molecule has 1 N–H and O–H groups in total. The van der Waals surface area contributed by atoms with Gasteiger partial charge in [-0.1, -0.05) is 0 Å². The van der Waals surface area contributed by atoms with Crippen molar-refractivity contribution in [1.82, 2.24) is 14.8 Å². The van der Waals surface area contributed by atoms with E-state index in [9.17, 15) is 9.59 Å². The normalized spacial score (nSPS) is 18.8. The van der Waals surface area contributed by atoms with E-state index in [2.05, 4.69) is 9.88 Å². The molecule has 25 heavy (non-hydrogen) atoms. The molecule has 0 spiro atoms. The first kappa shape index (κ1) is 17.5. The highest BCUT2D eigenvalue weighted by Crippen LogP contribution is 2.20. The molecule has 1 atom stereocenters. The Balaban J connectivity index is 1.86. The maximum atomic E-state index is 12.4. The van der Waals surface area contributed by atoms with Crippen molar-refractivity contribution < 1.29 is 9.53 Å². The summed E-state index contributed by atoms with van der Waals surface area (Å²) in [4.78, 5) is 31.6. The standard InChI is InChI=1S/C19H25N3O3/c1-4-21-8-9-22(13(3)19(21)24)12-15-10-14-11-16(25-5-2)6-7-17(14)20-18(15)23/h6-7,10-11,13H,4-5,8-9,12H2,1-3H3,(H,20,23)/t13-/m0/s1. The molecular formula is C19H25N3O3. The summed E-state index contributed by atoms with van der Waals surface area (Å²) in [5.41, 5.74) is 1.36. The van der Waals surface area contributed by atoms with Gasteiger partial charge in [-0.25, -0.2) is 0 Å². The van der Waals surface area contributed by atoms with Gasteiger partial charge >= 0.3 is 0 Å². The number of piperazine rings is 1. The smallest absolute Gasteiger partial charge is 0.252 e. The molecule has 1 amide bonds. The molecule has 6 nitrogen and oxygen atoms in total. The molecule has 0 bridgehead atoms. The van der Waals surface area contributed by atoms with Crippen LogP contribution in [-0.2, 0) is 11.3 Å². The van der Waals surface area contributed by atoms with Crippen LogP contribution in [0.5, 0.6) is 5.75 Å². The fraction of sp³-hybridized carbons (Fsp3) is 0.474. The van der Waals surface area contributed by atoms with Crippen LogP contribution >= 0.6 is 0 Å². The monoisotopic (exact) mass is 343 g/mol. The number of H-pyrrole nitrogens is 1. The molecule has 6 heteroatoms. The minimum absolute atomic E-state index is 0.103. The van der Waals surface area contributed by atoms with Crippen LogP contribution in [0.2, 0.25) is 0 Å². The maximum absolute atomic E-state index is 12.4. The van der Waals surface area contributed by atoms with Crippen LogP contribution < -0.4 is 10.3 Å². The Hall–Kier alpha value is -2.34. The Morgan fingerprint density at radius 1 is 1.20 bits per heavy atom. The van der Waals surface area contributed by atoms with E-state index in [0.717, 1.165) is 29.7 Å². The molecule has 1 aliphatic heterocycles. The van der Waals surface area contributed by atoms with Gasteiger partial charge in [-0.2, -0.15) is 0 Å². The second-order valence-electron chi connectivity index (χ2n) is 6.37. The number of aromatic amines is 1. The topological polar surface area (TPSA) is 65.6 Å². The molecule has 1 aromatic heterocycles. The zero-order chi connectivity index (χ0) is 18.0. The largest absolute Gasteiger partial charge is 0.494 e. The first-order valence-electron chi connectivity index (χ1n) is 8.85. The number of rotatable bonds is 5. The molecule has 1 fully saturated rings. The molecule has 1 aliphatic rings. The third-order valence-corrected chi connectivity index (χ3v) is 4.83. The van der Waals surface area contributed by atoms with Gasteiger partial charge in [0.1, 0.15) is 5.75 Å². The molecule has 3 rings (SSSR count). The maximum Gasteiger partial charge on any atom is 0.252 e. The number of ether oxygens (including phenoxy) is 1. The number of amides is 1. The Morgan fingerprint density at radius 2 is 2.00 bits per heavy atom. The quantitative estimate of drug-likeness (QED) is 0.901. The lowest BCUT2D eigenvalue weighted by molar-refractivity contribution is -0.141. The summed E-state index contributed by atoms with van der Waals surface area (Å²) in [6.07, 6.45) is 0. The van der Waals surface area contributed by atoms with Gasteiger partial charge in [-0.3, -0.25) is 14.5 Å². The number of fused-ring (bicyclic) bond motifs is 1. The lowest BCUT2D eigenvalue weighted by Crippen LogP contribution is -2.55. The molecule has 2 heterocycles. The van der Waals surface area contributed by atoms with Gasteiger partial charge in [-0.15, -0.1) is 0 Å². The summed E-state index contributed by atoms with van der Waals surface area (Å²) >= 11 is 0. The number of likely N-dealkylation sites (N-methyl/N-ethyl adjacent to an activating group) is 1. The summed E-state index contributed by atoms with van der Waals surface area (Å²) in [5.74, 6) is 0.915. The van der Waals surface area contributed by atoms with Gasteiger partial charge in [0.2, 0.25) is 5.91 Å². The van der Waals surface area contributed by atoms with Gasteiger partial charge in [0.15, 0.2) is 0 Å². The second kappa shape index (κ2) is 7.27. The van der Waals surface area contributed by atoms with Crippen molar-refractivity contribution in [3.8, 4) is 5.75 Å². The third-order valence-electron chi connectivity index (χ3n) is 4.83. The number of hydrogen-bond donors (Lipinski definition) is 1. The van der Waals surface area contributed by atoms with E-state index in [1.807, 2.05) is 49.9 Å². The predicted octanol–water partition coefficient (Wildman–Crippen LogP) is 1.98. The van der Waals surface area contributed by atoms with E-state index in [1.165, 1.54) is 0 Å². The Labute approximate surface area is 147 Å². The van der Waals surface area contributed by atoms with Crippen molar-refractivity contribution in [3.63, 3.8) is 0 Å². The first-order chi connectivity index (χ1) is 12.0. The van der Waals surface area contributed by atoms with Crippen molar-refractivity contribution in [1.29, 1.82) is 0 Å². The molecule has 2 aromatic rings. The number of aromatic nitrogens is 1. The molecule has 1 aromatic carbocycles. The van der Waals surface area contributed by atoms with E-state index < -0.39 is 0 Å². The number of carbonyl (C=O) groups excluding carboxylic acids is 1. The fourth-order valence-corrected chi connectivity index (χ4v) is 3.33. The van der Waals surface area contributed by atoms with E-state index in [1.54, 1.807) is 0 Å². The average Bonchev–Trinajstić information content (AvgIpc) is 2.60. The van der Waals surface area contributed by atoms with Gasteiger partial charge < -0.3 is 14.6 Å². The number of benzene rings is 1. The van der Waals surface area contributed by atoms with Gasteiger partial charge in [0.25, 0.3) is 5.56 Å². The Morgan fingerprint density at radius 3 is 2.72 bits per heavy atom. The second-order valence-corrected chi connectivity index (χ2v) is 6.37. The molecule has 0 saturated carbocycles. The lowest BCUT2D eigenvalue weighted by Gasteiger charge is -2.38. The van der Waals surface area contributed by atoms with E-state index in [-0.39, 0.29) is 17.5 Å². The van der Waals surface area contributed by atoms with Crippen LogP contribution in [-0.4, -0.2) is 53.0 Å². The van der Waals surface area contributed by atoms with Gasteiger partial charge in [-0.05, 0) is 45.0 Å². The molecule has 0 aliphatic carbocycles. The van der Waals surface area contributed by atoms with E-state index in [4.69, 9.17) is 4.74 Å². The van der Waals surface area contributed by atoms with Crippen LogP contribution in [0, 0.1) is 0 Å². The number of hydrogen-bond acceptors (Lipinski definition) is 4. The molecule has 0 unspecified atom stereocenters. The molecular weight excluding hydrogens is 318 g/mol. The SMILES string of the molecule is CCOc1ccc2[nH]c(=O)c(CN3CCN(CC)C(=O)[C@@H]3C)cc2c1. The molecule has 0 radical (unpaired) electrons. The Bertz CT molecular complexity index is 830. The molecule has 1 saturated heterocycles. The van der Waals surface area contributed by atoms with Crippen molar-refractivity contribution in [2.75, 3.05) is 26.2 Å². The minimum atomic E-state index is -0.210. The summed E-state index contributed by atoms with van der Waals surface area (Å²) in [7, 11) is 0. The predicted molar refractivity (Wildman–Crippen MR) is 97.9 cm³/mol. The third kappa shape index (κ3) is 3.54. The van der Waals surface area contributed by atoms with Crippen LogP contribution in [0.1, 0.15) is 26.3 Å². The summed E-state index contributed by atoms with van der Waals surface area (Å²) < 4.78 is 5.54. The first-order valence-corrected chi connectivity index (χ1v) is 8.85. The lowest BCUT2D eigenvalue weighted by atomic mass is 10.1. The minimum Gasteiger partial charge on any atom is -0.494 e. The highest BCUT2D eigenvalue weighted by molar-refractivity contribution is 5.82. The molecule has 134 valence electrons. The summed E-state index contributed by atoms with van der Waals surface area (Å²) in [6.45, 7) is 9.12. The van der Waals surface area contributed by atoms with Crippen molar-refractivity contribution in [2.45, 2.75) is 33.4 Å². The van der Waals surface area contributed by atoms with E-state index in [0.29, 0.717) is 25.3 Å². The highest BCUT2D eigenvalue weighted by atomic mass is 16.5. The Kier molecular flexibility index (Phi) is 5.08. The van der Waals surface area contributed by atoms with Crippen LogP contribution in [0.3, 0.4) is 0 Å². The average molecular weight is 343 g/mol. The van der Waals surface area contributed by atoms with Gasteiger partial charge in [0, 0.05) is 42.6 Å². The van der Waals surface area contributed by atoms with Crippen LogP contribution in [0.25, 0.3) is 10.9 Å². The van der Waals surface area contributed by atoms with Gasteiger partial charge in [0.05, 0.1) is 12.6 Å². The number of pyridine rings is 1. The zero-order valence-corrected chi connectivity index (χ0v) is 15.0. The van der Waals surface area contributed by atoms with Crippen molar-refractivity contribution >= 4 is 16.8 Å². The van der Waals surface area contributed by atoms with Crippen LogP contribution in [0.15, 0.2) is 29.1 Å². The summed E-state index contributed by atoms with van der Waals surface area (Å²) in [5, 5.41) is 0.937. The summed E-state index contributed by atoms with van der Waals surface area (Å²) in [6, 6.07) is 7.34. The zero-order valence-electron chi connectivity index (χ0n) is 15.0. The highest BCUT2D eigenvalue weighted by Gasteiger charge is 2.30. The van der Waals surface area contributed by atoms with E-state index >= 15 is 0 Å². The van der Waals surface area contributed by atoms with Crippen molar-refractivity contribution in [3.05, 3.63) is 40.2 Å². The number of nitrogens with zero attached hydrogens (tertiary/aromatic N) is 2.